The summed E-state index contributed by atoms with van der Waals surface area (Å²) < 4.78 is 351. The van der Waals surface area contributed by atoms with Gasteiger partial charge < -0.3 is 32.3 Å². The molecule has 2 N–H and O–H groups in total. The van der Waals surface area contributed by atoms with E-state index >= 15 is 0 Å². The summed E-state index contributed by atoms with van der Waals surface area (Å²) in [5.41, 5.74) is 0. The Morgan fingerprint density at radius 2 is 0.734 bits per heavy atom. The van der Waals surface area contributed by atoms with E-state index in [1.165, 1.54) is 34.6 Å². The average molecular weight is 1060 g/mol. The fraction of sp³-hybridized carbons (Fsp3) is 1.00. The van der Waals surface area contributed by atoms with Gasteiger partial charge in [0, 0.05) is 65.6 Å². The van der Waals surface area contributed by atoms with Crippen molar-refractivity contribution in [3.8, 4) is 0 Å². The number of alkyl halides is 25. The zero-order valence-corrected chi connectivity index (χ0v) is 36.2. The van der Waals surface area contributed by atoms with E-state index in [0.717, 1.165) is 7.11 Å². The van der Waals surface area contributed by atoms with Gasteiger partial charge in [-0.3, -0.25) is 4.70 Å². The Morgan fingerprint density at radius 3 is 1.00 bits per heavy atom. The molecule has 0 fully saturated rings. The van der Waals surface area contributed by atoms with Gasteiger partial charge in [0.1, 0.15) is 0 Å². The van der Waals surface area contributed by atoms with Crippen molar-refractivity contribution < 1.29 is 147 Å². The Labute approximate surface area is 350 Å². The van der Waals surface area contributed by atoms with Gasteiger partial charge in [0.05, 0.1) is 0 Å². The molecule has 0 aromatic carbocycles. The first-order valence-corrected chi connectivity index (χ1v) is 21.0. The second-order valence-electron chi connectivity index (χ2n) is 11.5. The highest BCUT2D eigenvalue weighted by atomic mass is 28.4. The molecule has 0 aliphatic rings. The van der Waals surface area contributed by atoms with E-state index in [4.69, 9.17) is 32.3 Å². The van der Waals surface area contributed by atoms with Crippen molar-refractivity contribution >= 4 is 18.1 Å². The van der Waals surface area contributed by atoms with Crippen LogP contribution in [0.4, 0.5) is 114 Å². The maximum atomic E-state index is 13.9. The van der Waals surface area contributed by atoms with E-state index < -0.39 is 115 Å². The second kappa shape index (κ2) is 26.8. The van der Waals surface area contributed by atoms with Crippen LogP contribution in [-0.4, -0.2) is 147 Å². The van der Waals surface area contributed by atoms with E-state index in [9.17, 15) is 110 Å². The van der Waals surface area contributed by atoms with Gasteiger partial charge in [-0.05, 0) is 47.6 Å². The lowest BCUT2D eigenvalue weighted by atomic mass is 9.93. The van der Waals surface area contributed by atoms with Crippen LogP contribution in [0.3, 0.4) is 0 Å². The molecule has 0 amide bonds. The largest absolute Gasteiger partial charge is 0.501 e. The molecule has 0 atom stereocenters. The monoisotopic (exact) mass is 1060 g/mol. The standard InChI is InChI=1S/C14H20F12O3Si.C12H15F13O2Si.C2H6O.CH4O.FH/c1-4-27-30(28-5-2,29-6-3)8-7-10(17,18)12(21,22)14(25,26)13(23,24)11(19,20)9(15)16;1-3-26-28(27-4-2)6-5-7(13,14)8(15,16)9(17,18)10(19,20)11(21,22)12(23,24)25;1-2-3;1-2;/h9H,4-8H2,1-3H3;28H,3-6H2,1-2H3;3H,2H2,1H3;2H,1H3;1H. The van der Waals surface area contributed by atoms with Gasteiger partial charge in [0.2, 0.25) is 0 Å². The molecule has 0 bridgehead atoms. The molecule has 0 aromatic heterocycles. The molecule has 0 spiro atoms. The van der Waals surface area contributed by atoms with E-state index in [-0.39, 0.29) is 44.3 Å². The summed E-state index contributed by atoms with van der Waals surface area (Å²) in [7, 11) is -6.29. The molecule has 0 unspecified atom stereocenters. The van der Waals surface area contributed by atoms with Crippen molar-refractivity contribution in [3.05, 3.63) is 0 Å². The van der Waals surface area contributed by atoms with E-state index in [2.05, 4.69) is 0 Å². The molecular formula is C29H46F26O7Si2. The lowest BCUT2D eigenvalue weighted by Gasteiger charge is -2.39. The van der Waals surface area contributed by atoms with E-state index in [1.807, 2.05) is 0 Å². The van der Waals surface area contributed by atoms with Gasteiger partial charge >= 0.3 is 89.9 Å². The second-order valence-corrected chi connectivity index (χ2v) is 16.4. The van der Waals surface area contributed by atoms with Gasteiger partial charge in [0.15, 0.2) is 0 Å². The number of aliphatic hydroxyl groups excluding tert-OH is 2. The Bertz CT molecular complexity index is 1240. The third-order valence-corrected chi connectivity index (χ3v) is 12.4. The molecular weight excluding hydrogens is 1010 g/mol. The Kier molecular flexibility index (Phi) is 29.8. The third kappa shape index (κ3) is 15.7. The summed E-state index contributed by atoms with van der Waals surface area (Å²) in [6.45, 7) is 7.51. The summed E-state index contributed by atoms with van der Waals surface area (Å²) >= 11 is 0. The van der Waals surface area contributed by atoms with Crippen LogP contribution in [0, 0.1) is 0 Å². The molecule has 0 aromatic rings. The van der Waals surface area contributed by atoms with Crippen molar-refractivity contribution in [2.24, 2.45) is 0 Å². The van der Waals surface area contributed by atoms with Gasteiger partial charge in [0.25, 0.3) is 0 Å². The van der Waals surface area contributed by atoms with E-state index in [1.54, 1.807) is 6.92 Å². The average Bonchev–Trinajstić information content (AvgIpc) is 3.14. The molecule has 0 saturated heterocycles. The van der Waals surface area contributed by atoms with Crippen molar-refractivity contribution in [1.29, 1.82) is 0 Å². The minimum atomic E-state index is -7.87. The molecule has 0 saturated carbocycles. The smallest absolute Gasteiger partial charge is 0.400 e. The number of hydrogen-bond donors (Lipinski definition) is 2. The molecule has 0 aliphatic carbocycles. The predicted molar refractivity (Wildman–Crippen MR) is 175 cm³/mol. The normalized spacial score (nSPS) is 14.2. The van der Waals surface area contributed by atoms with Crippen LogP contribution >= 0.6 is 0 Å². The van der Waals surface area contributed by atoms with Crippen molar-refractivity contribution in [2.75, 3.05) is 46.8 Å². The molecule has 7 nitrogen and oxygen atoms in total. The number of hydrogen-bond acceptors (Lipinski definition) is 7. The Hall–Kier alpha value is -1.67. The van der Waals surface area contributed by atoms with Crippen LogP contribution < -0.4 is 0 Å². The Balaban J connectivity index is -0.000000325. The van der Waals surface area contributed by atoms with Gasteiger partial charge in [-0.1, -0.05) is 0 Å². The first-order chi connectivity index (χ1) is 28.0. The minimum Gasteiger partial charge on any atom is -0.400 e. The number of aliphatic hydroxyl groups is 2. The molecule has 64 heavy (non-hydrogen) atoms. The zero-order valence-electron chi connectivity index (χ0n) is 34.0. The molecule has 35 heteroatoms. The summed E-state index contributed by atoms with van der Waals surface area (Å²) in [4.78, 5) is 0. The maximum Gasteiger partial charge on any atom is 0.501 e. The summed E-state index contributed by atoms with van der Waals surface area (Å²) in [6, 6.07) is -2.42. The van der Waals surface area contributed by atoms with Crippen LogP contribution in [0.2, 0.25) is 12.1 Å². The lowest BCUT2D eigenvalue weighted by Crippen LogP contribution is -2.70. The van der Waals surface area contributed by atoms with Crippen molar-refractivity contribution in [2.45, 2.75) is 138 Å². The van der Waals surface area contributed by atoms with Crippen molar-refractivity contribution in [1.82, 2.24) is 0 Å². The number of halogens is 26. The molecule has 0 radical (unpaired) electrons. The van der Waals surface area contributed by atoms with Crippen LogP contribution in [0.15, 0.2) is 0 Å². The fourth-order valence-corrected chi connectivity index (χ4v) is 8.48. The Morgan fingerprint density at radius 1 is 0.453 bits per heavy atom. The highest BCUT2D eigenvalue weighted by Gasteiger charge is 2.91. The first kappa shape index (κ1) is 71.3. The quantitative estimate of drug-likeness (QED) is 0.0696. The van der Waals surface area contributed by atoms with Gasteiger partial charge in [-0.2, -0.15) is 101 Å². The number of rotatable bonds is 25. The van der Waals surface area contributed by atoms with Gasteiger partial charge in [-0.15, -0.1) is 0 Å². The topological polar surface area (TPSA) is 86.6 Å². The highest BCUT2D eigenvalue weighted by Crippen LogP contribution is 2.62. The molecule has 0 rings (SSSR count). The summed E-state index contributed by atoms with van der Waals surface area (Å²) in [5, 5.41) is 14.6. The highest BCUT2D eigenvalue weighted by molar-refractivity contribution is 6.60. The predicted octanol–water partition coefficient (Wildman–Crippen LogP) is 11.0. The lowest BCUT2D eigenvalue weighted by molar-refractivity contribution is -0.440. The summed E-state index contributed by atoms with van der Waals surface area (Å²) in [5.74, 6) is -71.9. The SMILES string of the molecule is CCO.CCO[SiH](CCC(F)(F)C(F)(F)C(F)(F)C(F)(F)C(F)(F)C(F)(F)F)OCC.CCO[Si](CCC(F)(F)C(F)(F)C(F)(F)C(F)(F)C(F)(F)C(F)F)(OCC)OCC.CO.F. The van der Waals surface area contributed by atoms with Crippen molar-refractivity contribution in [3.63, 3.8) is 0 Å². The van der Waals surface area contributed by atoms with Crippen LogP contribution in [-0.2, 0) is 22.1 Å². The third-order valence-electron chi connectivity index (χ3n) is 7.18. The van der Waals surface area contributed by atoms with Crippen LogP contribution in [0.5, 0.6) is 0 Å². The molecule has 0 heterocycles. The molecule has 0 aliphatic heterocycles. The minimum absolute atomic E-state index is 0. The van der Waals surface area contributed by atoms with Gasteiger partial charge in [-0.25, -0.2) is 8.78 Å². The zero-order chi connectivity index (χ0) is 51.8. The summed E-state index contributed by atoms with van der Waals surface area (Å²) in [6.07, 6.45) is -17.5. The van der Waals surface area contributed by atoms with Crippen LogP contribution in [0.25, 0.3) is 0 Å². The van der Waals surface area contributed by atoms with Crippen LogP contribution in [0.1, 0.15) is 54.4 Å². The maximum absolute atomic E-state index is 13.9. The fourth-order valence-electron chi connectivity index (χ4n) is 4.09. The first-order valence-electron chi connectivity index (χ1n) is 17.3. The molecule has 394 valence electrons. The van der Waals surface area contributed by atoms with E-state index in [0.29, 0.717) is 0 Å².